The Morgan fingerprint density at radius 2 is 1.76 bits per heavy atom. The lowest BCUT2D eigenvalue weighted by Crippen LogP contribution is -2.41. The lowest BCUT2D eigenvalue weighted by molar-refractivity contribution is -0.117. The minimum absolute atomic E-state index is 0. The second kappa shape index (κ2) is 10.5. The van der Waals surface area contributed by atoms with Crippen molar-refractivity contribution in [2.24, 2.45) is 0 Å². The van der Waals surface area contributed by atoms with Gasteiger partial charge in [0.15, 0.2) is 0 Å². The number of rotatable bonds is 5. The summed E-state index contributed by atoms with van der Waals surface area (Å²) in [6.07, 6.45) is 7.52. The summed E-state index contributed by atoms with van der Waals surface area (Å²) in [6, 6.07) is 21.2. The first kappa shape index (κ1) is 24.1. The molecule has 176 valence electrons. The molecule has 34 heavy (non-hydrogen) atoms. The molecule has 1 saturated carbocycles. The van der Waals surface area contributed by atoms with Crippen LogP contribution in [0, 0.1) is 0 Å². The lowest BCUT2D eigenvalue weighted by Gasteiger charge is -2.33. The van der Waals surface area contributed by atoms with E-state index in [4.69, 9.17) is 21.3 Å². The van der Waals surface area contributed by atoms with Crippen LogP contribution >= 0.6 is 24.0 Å². The Balaban J connectivity index is 0.00000274. The molecule has 0 aliphatic heterocycles. The zero-order valence-electron chi connectivity index (χ0n) is 19.0. The van der Waals surface area contributed by atoms with Crippen molar-refractivity contribution < 1.29 is 9.53 Å². The maximum atomic E-state index is 13.0. The summed E-state index contributed by atoms with van der Waals surface area (Å²) >= 11 is 6.00. The molecule has 2 aromatic carbocycles. The maximum Gasteiger partial charge on any atom is 0.225 e. The summed E-state index contributed by atoms with van der Waals surface area (Å²) in [7, 11) is 0. The number of carbonyl (C=O) groups excluding carboxylic acids is 1. The molecule has 0 atom stereocenters. The number of aromatic nitrogens is 2. The summed E-state index contributed by atoms with van der Waals surface area (Å²) in [5.74, 6) is 2.28. The van der Waals surface area contributed by atoms with Crippen LogP contribution < -0.4 is 9.64 Å². The van der Waals surface area contributed by atoms with Crippen molar-refractivity contribution in [2.75, 3.05) is 4.90 Å². The Morgan fingerprint density at radius 3 is 2.50 bits per heavy atom. The molecule has 2 aromatic heterocycles. The van der Waals surface area contributed by atoms with Crippen LogP contribution in [0.1, 0.15) is 39.0 Å². The first-order valence-electron chi connectivity index (χ1n) is 11.4. The molecule has 0 spiro atoms. The lowest BCUT2D eigenvalue weighted by atomic mass is 9.94. The molecule has 5 nitrogen and oxygen atoms in total. The van der Waals surface area contributed by atoms with E-state index < -0.39 is 0 Å². The molecule has 0 unspecified atom stereocenters. The van der Waals surface area contributed by atoms with Gasteiger partial charge in [-0.1, -0.05) is 49.1 Å². The van der Waals surface area contributed by atoms with Crippen LogP contribution in [0.3, 0.4) is 0 Å². The minimum Gasteiger partial charge on any atom is -0.457 e. The number of imidazole rings is 1. The van der Waals surface area contributed by atoms with E-state index in [0.717, 1.165) is 48.4 Å². The highest BCUT2D eigenvalue weighted by Gasteiger charge is 2.30. The number of pyridine rings is 1. The smallest absolute Gasteiger partial charge is 0.225 e. The average Bonchev–Trinajstić information content (AvgIpc) is 3.21. The number of benzene rings is 2. The predicted molar refractivity (Wildman–Crippen MR) is 139 cm³/mol. The topological polar surface area (TPSA) is 46.8 Å². The van der Waals surface area contributed by atoms with Gasteiger partial charge in [0.2, 0.25) is 5.91 Å². The van der Waals surface area contributed by atoms with Crippen LogP contribution in [-0.4, -0.2) is 21.3 Å². The normalized spacial score (nSPS) is 13.9. The van der Waals surface area contributed by atoms with Crippen LogP contribution in [-0.2, 0) is 4.79 Å². The van der Waals surface area contributed by atoms with E-state index in [9.17, 15) is 4.79 Å². The first-order chi connectivity index (χ1) is 16.1. The van der Waals surface area contributed by atoms with Crippen molar-refractivity contribution in [2.45, 2.75) is 45.1 Å². The van der Waals surface area contributed by atoms with Gasteiger partial charge in [-0.25, -0.2) is 4.98 Å². The molecule has 0 radical (unpaired) electrons. The molecule has 1 aliphatic rings. The van der Waals surface area contributed by atoms with Gasteiger partial charge < -0.3 is 4.74 Å². The van der Waals surface area contributed by atoms with Crippen LogP contribution in [0.4, 0.5) is 5.82 Å². The Hall–Kier alpha value is -3.02. The fourth-order valence-electron chi connectivity index (χ4n) is 4.67. The van der Waals surface area contributed by atoms with E-state index in [-0.39, 0.29) is 24.4 Å². The Morgan fingerprint density at radius 1 is 1.00 bits per heavy atom. The van der Waals surface area contributed by atoms with Gasteiger partial charge in [0, 0.05) is 29.7 Å². The second-order valence-corrected chi connectivity index (χ2v) is 8.91. The molecule has 0 N–H and O–H groups in total. The van der Waals surface area contributed by atoms with Gasteiger partial charge in [-0.2, -0.15) is 0 Å². The Bertz CT molecular complexity index is 1280. The van der Waals surface area contributed by atoms with E-state index in [1.165, 1.54) is 6.42 Å². The van der Waals surface area contributed by atoms with Crippen molar-refractivity contribution in [1.82, 2.24) is 9.38 Å². The van der Waals surface area contributed by atoms with E-state index >= 15 is 0 Å². The van der Waals surface area contributed by atoms with Gasteiger partial charge in [0.05, 0.1) is 0 Å². The summed E-state index contributed by atoms with van der Waals surface area (Å²) in [4.78, 5) is 19.9. The van der Waals surface area contributed by atoms with Gasteiger partial charge in [0.25, 0.3) is 0 Å². The van der Waals surface area contributed by atoms with Gasteiger partial charge in [-0.3, -0.25) is 14.1 Å². The number of ether oxygens (including phenoxy) is 1. The van der Waals surface area contributed by atoms with E-state index in [1.807, 2.05) is 70.1 Å². The predicted octanol–water partition coefficient (Wildman–Crippen LogP) is 7.55. The number of carbonyl (C=O) groups is 1. The van der Waals surface area contributed by atoms with Crippen LogP contribution in [0.25, 0.3) is 16.9 Å². The molecule has 5 rings (SSSR count). The number of anilines is 1. The van der Waals surface area contributed by atoms with Crippen molar-refractivity contribution >= 4 is 41.4 Å². The number of amides is 1. The van der Waals surface area contributed by atoms with Gasteiger partial charge >= 0.3 is 0 Å². The molecular weight excluding hydrogens is 469 g/mol. The van der Waals surface area contributed by atoms with E-state index in [1.54, 1.807) is 19.1 Å². The molecule has 1 fully saturated rings. The van der Waals surface area contributed by atoms with E-state index in [0.29, 0.717) is 16.5 Å². The summed E-state index contributed by atoms with van der Waals surface area (Å²) in [5.41, 5.74) is 2.50. The molecule has 2 heterocycles. The minimum atomic E-state index is 0. The largest absolute Gasteiger partial charge is 0.457 e. The van der Waals surface area contributed by atoms with Crippen molar-refractivity contribution in [3.05, 3.63) is 77.9 Å². The third-order valence-corrected chi connectivity index (χ3v) is 6.42. The summed E-state index contributed by atoms with van der Waals surface area (Å²) in [6.45, 7) is 1.65. The van der Waals surface area contributed by atoms with Crippen LogP contribution in [0.5, 0.6) is 11.5 Å². The monoisotopic (exact) mass is 495 g/mol. The van der Waals surface area contributed by atoms with Gasteiger partial charge in [-0.15, -0.1) is 12.4 Å². The van der Waals surface area contributed by atoms with Gasteiger partial charge in [0.1, 0.15) is 28.7 Å². The molecule has 4 aromatic rings. The zero-order valence-corrected chi connectivity index (χ0v) is 20.6. The number of halogens is 2. The zero-order chi connectivity index (χ0) is 22.8. The van der Waals surface area contributed by atoms with Crippen molar-refractivity contribution in [1.29, 1.82) is 0 Å². The Labute approximate surface area is 210 Å². The Kier molecular flexibility index (Phi) is 7.44. The first-order valence-corrected chi connectivity index (χ1v) is 11.8. The van der Waals surface area contributed by atoms with Crippen LogP contribution in [0.2, 0.25) is 5.02 Å². The SMILES string of the molecule is CC(=O)N(c1c(-c2cccc(Oc3ccc(Cl)cc3)c2)nc2ccccn12)C1CCCCC1.Cl. The van der Waals surface area contributed by atoms with E-state index in [2.05, 4.69) is 0 Å². The summed E-state index contributed by atoms with van der Waals surface area (Å²) in [5, 5.41) is 0.664. The maximum absolute atomic E-state index is 13.0. The molecule has 1 aliphatic carbocycles. The number of nitrogens with zero attached hydrogens (tertiary/aromatic N) is 3. The fraction of sp³-hybridized carbons (Fsp3) is 0.259. The average molecular weight is 496 g/mol. The quantitative estimate of drug-likeness (QED) is 0.287. The van der Waals surface area contributed by atoms with Gasteiger partial charge in [-0.05, 0) is 61.4 Å². The highest BCUT2D eigenvalue weighted by molar-refractivity contribution is 6.30. The second-order valence-electron chi connectivity index (χ2n) is 8.48. The molecule has 7 heteroatoms. The summed E-state index contributed by atoms with van der Waals surface area (Å²) < 4.78 is 8.09. The van der Waals surface area contributed by atoms with Crippen molar-refractivity contribution in [3.63, 3.8) is 0 Å². The standard InChI is InChI=1S/C27H26ClN3O2.ClH/c1-19(32)31(22-9-3-2-4-10-22)27-26(29-25-12-5-6-17-30(25)27)20-8-7-11-24(18-20)33-23-15-13-21(28)14-16-23;/h5-8,11-18,22H,2-4,9-10H2,1H3;1H. The highest BCUT2D eigenvalue weighted by atomic mass is 35.5. The molecule has 0 saturated heterocycles. The molecule has 1 amide bonds. The number of fused-ring (bicyclic) bond motifs is 1. The molecule has 0 bridgehead atoms. The van der Waals surface area contributed by atoms with Crippen molar-refractivity contribution in [3.8, 4) is 22.8 Å². The fourth-order valence-corrected chi connectivity index (χ4v) is 4.80. The molecular formula is C27H27Cl2N3O2. The number of hydrogen-bond donors (Lipinski definition) is 0. The van der Waals surface area contributed by atoms with Crippen LogP contribution in [0.15, 0.2) is 72.9 Å². The number of hydrogen-bond acceptors (Lipinski definition) is 3. The third-order valence-electron chi connectivity index (χ3n) is 6.17. The highest BCUT2D eigenvalue weighted by Crippen LogP contribution is 2.37. The third kappa shape index (κ3) is 4.91.